The van der Waals surface area contributed by atoms with Crippen LogP contribution in [0.1, 0.15) is 25.7 Å². The van der Waals surface area contributed by atoms with E-state index in [1.807, 2.05) is 4.90 Å². The van der Waals surface area contributed by atoms with Gasteiger partial charge < -0.3 is 19.9 Å². The average Bonchev–Trinajstić information content (AvgIpc) is 2.98. The first-order valence-corrected chi connectivity index (χ1v) is 7.51. The maximum atomic E-state index is 12.1. The molecule has 0 aromatic rings. The van der Waals surface area contributed by atoms with Crippen LogP contribution >= 0.6 is 0 Å². The van der Waals surface area contributed by atoms with Gasteiger partial charge in [0.2, 0.25) is 11.8 Å². The molecule has 0 radical (unpaired) electrons. The molecule has 2 amide bonds. The van der Waals surface area contributed by atoms with Crippen LogP contribution in [0.3, 0.4) is 0 Å². The number of rotatable bonds is 5. The Morgan fingerprint density at radius 3 is 2.75 bits per heavy atom. The van der Waals surface area contributed by atoms with Crippen LogP contribution < -0.4 is 5.32 Å². The smallest absolute Gasteiger partial charge is 0.242 e. The molecule has 2 rings (SSSR count). The fraction of sp³-hybridized carbons (Fsp3) is 0.857. The van der Waals surface area contributed by atoms with E-state index in [1.165, 1.54) is 0 Å². The Hall–Kier alpha value is -1.14. The molecule has 2 saturated heterocycles. The van der Waals surface area contributed by atoms with Gasteiger partial charge in [-0.2, -0.15) is 0 Å². The number of ether oxygens (including phenoxy) is 1. The van der Waals surface area contributed by atoms with E-state index in [0.717, 1.165) is 52.0 Å². The van der Waals surface area contributed by atoms with E-state index in [9.17, 15) is 9.59 Å². The van der Waals surface area contributed by atoms with E-state index in [0.29, 0.717) is 6.42 Å². The van der Waals surface area contributed by atoms with E-state index < -0.39 is 0 Å². The minimum Gasteiger partial charge on any atom is -0.378 e. The van der Waals surface area contributed by atoms with Gasteiger partial charge in [0.05, 0.1) is 12.6 Å². The van der Waals surface area contributed by atoms with Gasteiger partial charge in [-0.25, -0.2) is 0 Å². The SMILES string of the molecule is CN(CC(=O)N1CCNCC1)C(=O)CCC1CCCO1. The highest BCUT2D eigenvalue weighted by atomic mass is 16.5. The first kappa shape index (κ1) is 15.3. The van der Waals surface area contributed by atoms with Crippen LogP contribution in [0.2, 0.25) is 0 Å². The van der Waals surface area contributed by atoms with Crippen molar-refractivity contribution in [1.29, 1.82) is 0 Å². The molecule has 2 aliphatic rings. The van der Waals surface area contributed by atoms with Gasteiger partial charge in [-0.1, -0.05) is 0 Å². The first-order valence-electron chi connectivity index (χ1n) is 7.51. The van der Waals surface area contributed by atoms with Gasteiger partial charge in [-0.05, 0) is 19.3 Å². The third-order valence-corrected chi connectivity index (χ3v) is 3.97. The molecule has 0 saturated carbocycles. The Kier molecular flexibility index (Phi) is 5.79. The largest absolute Gasteiger partial charge is 0.378 e. The van der Waals surface area contributed by atoms with Crippen molar-refractivity contribution >= 4 is 11.8 Å². The summed E-state index contributed by atoms with van der Waals surface area (Å²) in [7, 11) is 1.71. The van der Waals surface area contributed by atoms with Gasteiger partial charge in [0.25, 0.3) is 0 Å². The summed E-state index contributed by atoms with van der Waals surface area (Å²) in [4.78, 5) is 27.4. The minimum atomic E-state index is 0.0315. The molecule has 1 unspecified atom stereocenters. The molecule has 2 fully saturated rings. The number of carbonyl (C=O) groups excluding carboxylic acids is 2. The second-order valence-electron chi connectivity index (χ2n) is 5.55. The van der Waals surface area contributed by atoms with Gasteiger partial charge in [0.15, 0.2) is 0 Å². The molecule has 114 valence electrons. The van der Waals surface area contributed by atoms with Gasteiger partial charge in [0.1, 0.15) is 0 Å². The summed E-state index contributed by atoms with van der Waals surface area (Å²) in [6.07, 6.45) is 3.62. The monoisotopic (exact) mass is 283 g/mol. The lowest BCUT2D eigenvalue weighted by Gasteiger charge is -2.29. The van der Waals surface area contributed by atoms with E-state index in [2.05, 4.69) is 5.32 Å². The Morgan fingerprint density at radius 2 is 2.10 bits per heavy atom. The van der Waals surface area contributed by atoms with Crippen LogP contribution in [0.25, 0.3) is 0 Å². The lowest BCUT2D eigenvalue weighted by Crippen LogP contribution is -2.49. The predicted molar refractivity (Wildman–Crippen MR) is 75.3 cm³/mol. The van der Waals surface area contributed by atoms with E-state index in [1.54, 1.807) is 11.9 Å². The normalized spacial score (nSPS) is 22.9. The van der Waals surface area contributed by atoms with Crippen LogP contribution in [-0.2, 0) is 14.3 Å². The zero-order chi connectivity index (χ0) is 14.4. The maximum absolute atomic E-state index is 12.1. The summed E-state index contributed by atoms with van der Waals surface area (Å²) in [5.41, 5.74) is 0. The van der Waals surface area contributed by atoms with Crippen molar-refractivity contribution in [1.82, 2.24) is 15.1 Å². The van der Waals surface area contributed by atoms with E-state index in [4.69, 9.17) is 4.74 Å². The van der Waals surface area contributed by atoms with Crippen molar-refractivity contribution in [2.45, 2.75) is 31.8 Å². The Morgan fingerprint density at radius 1 is 1.35 bits per heavy atom. The lowest BCUT2D eigenvalue weighted by molar-refractivity contribution is -0.140. The van der Waals surface area contributed by atoms with Gasteiger partial charge in [-0.15, -0.1) is 0 Å². The van der Waals surface area contributed by atoms with Crippen LogP contribution in [0.15, 0.2) is 0 Å². The van der Waals surface area contributed by atoms with Crippen LogP contribution in [-0.4, -0.2) is 74.1 Å². The fourth-order valence-corrected chi connectivity index (χ4v) is 2.65. The van der Waals surface area contributed by atoms with Gasteiger partial charge in [0, 0.05) is 46.3 Å². The summed E-state index contributed by atoms with van der Waals surface area (Å²) in [6, 6.07) is 0. The minimum absolute atomic E-state index is 0.0315. The number of nitrogens with zero attached hydrogens (tertiary/aromatic N) is 2. The van der Waals surface area contributed by atoms with Crippen LogP contribution in [0.5, 0.6) is 0 Å². The Balaban J connectivity index is 1.68. The van der Waals surface area contributed by atoms with Gasteiger partial charge in [-0.3, -0.25) is 9.59 Å². The molecule has 6 heteroatoms. The molecular formula is C14H25N3O3. The quantitative estimate of drug-likeness (QED) is 0.761. The molecule has 6 nitrogen and oxygen atoms in total. The molecule has 0 aromatic carbocycles. The third-order valence-electron chi connectivity index (χ3n) is 3.97. The molecule has 0 spiro atoms. The average molecular weight is 283 g/mol. The summed E-state index contributed by atoms with van der Waals surface area (Å²) in [5, 5.41) is 3.21. The second kappa shape index (κ2) is 7.59. The van der Waals surface area contributed by atoms with Gasteiger partial charge >= 0.3 is 0 Å². The van der Waals surface area contributed by atoms with Crippen molar-refractivity contribution in [3.05, 3.63) is 0 Å². The zero-order valence-electron chi connectivity index (χ0n) is 12.3. The standard InChI is InChI=1S/C14H25N3O3/c1-16(11-14(19)17-8-6-15-7-9-17)13(18)5-4-12-3-2-10-20-12/h12,15H,2-11H2,1H3. The highest BCUT2D eigenvalue weighted by Gasteiger charge is 2.21. The molecule has 0 aliphatic carbocycles. The number of likely N-dealkylation sites (N-methyl/N-ethyl adjacent to an activating group) is 1. The summed E-state index contributed by atoms with van der Waals surface area (Å²) in [6.45, 7) is 4.14. The topological polar surface area (TPSA) is 61.9 Å². The first-order chi connectivity index (χ1) is 9.66. The van der Waals surface area contributed by atoms with Crippen molar-refractivity contribution in [3.63, 3.8) is 0 Å². The molecule has 2 aliphatic heterocycles. The number of amides is 2. The van der Waals surface area contributed by atoms with E-state index in [-0.39, 0.29) is 24.5 Å². The number of piperazine rings is 1. The fourth-order valence-electron chi connectivity index (χ4n) is 2.65. The Labute approximate surface area is 120 Å². The summed E-state index contributed by atoms with van der Waals surface area (Å²) < 4.78 is 5.51. The molecule has 1 atom stereocenters. The molecule has 1 N–H and O–H groups in total. The Bertz CT molecular complexity index is 337. The maximum Gasteiger partial charge on any atom is 0.242 e. The second-order valence-corrected chi connectivity index (χ2v) is 5.55. The molecule has 0 aromatic heterocycles. The predicted octanol–water partition coefficient (Wildman–Crippen LogP) is -0.164. The van der Waals surface area contributed by atoms with Crippen LogP contribution in [0, 0.1) is 0 Å². The molecular weight excluding hydrogens is 258 g/mol. The molecule has 20 heavy (non-hydrogen) atoms. The number of nitrogens with one attached hydrogen (secondary N) is 1. The van der Waals surface area contributed by atoms with Crippen molar-refractivity contribution in [2.75, 3.05) is 46.4 Å². The molecule has 2 heterocycles. The third kappa shape index (κ3) is 4.45. The van der Waals surface area contributed by atoms with Crippen molar-refractivity contribution < 1.29 is 14.3 Å². The highest BCUT2D eigenvalue weighted by molar-refractivity contribution is 5.84. The van der Waals surface area contributed by atoms with Crippen LogP contribution in [0.4, 0.5) is 0 Å². The number of hydrogen-bond acceptors (Lipinski definition) is 4. The molecule has 0 bridgehead atoms. The van der Waals surface area contributed by atoms with Crippen molar-refractivity contribution in [2.24, 2.45) is 0 Å². The zero-order valence-corrected chi connectivity index (χ0v) is 12.3. The summed E-state index contributed by atoms with van der Waals surface area (Å²) in [5.74, 6) is 0.0726. The van der Waals surface area contributed by atoms with Crippen molar-refractivity contribution in [3.8, 4) is 0 Å². The number of hydrogen-bond donors (Lipinski definition) is 1. The summed E-state index contributed by atoms with van der Waals surface area (Å²) >= 11 is 0. The highest BCUT2D eigenvalue weighted by Crippen LogP contribution is 2.17. The number of carbonyl (C=O) groups is 2. The lowest BCUT2D eigenvalue weighted by atomic mass is 10.1. The van der Waals surface area contributed by atoms with E-state index >= 15 is 0 Å².